The number of thioether (sulfide) groups is 1. The van der Waals surface area contributed by atoms with Crippen molar-refractivity contribution in [3.05, 3.63) is 0 Å². The predicted octanol–water partition coefficient (Wildman–Crippen LogP) is -1.20. The monoisotopic (exact) mass is 220 g/mol. The molecule has 0 bridgehead atoms. The molecule has 0 aliphatic carbocycles. The quantitative estimate of drug-likeness (QED) is 0.253. The van der Waals surface area contributed by atoms with Crippen molar-refractivity contribution in [3.8, 4) is 0 Å². The molecule has 14 heavy (non-hydrogen) atoms. The standard InChI is InChI=1S/C7H16N4O2S/c1-7(10,5(12)13)4-14-3-2-11-6(8)9/h2-4,10H2,1H3,(H,12,13)(H4,8,9,11). The van der Waals surface area contributed by atoms with Gasteiger partial charge in [0.1, 0.15) is 5.54 Å². The largest absolute Gasteiger partial charge is 0.480 e. The second kappa shape index (κ2) is 5.71. The molecule has 0 aromatic carbocycles. The van der Waals surface area contributed by atoms with Gasteiger partial charge in [-0.3, -0.25) is 9.79 Å². The first-order chi connectivity index (χ1) is 6.36. The summed E-state index contributed by atoms with van der Waals surface area (Å²) in [5.74, 6) is 0.0199. The van der Waals surface area contributed by atoms with E-state index in [-0.39, 0.29) is 5.96 Å². The number of hydrogen-bond donors (Lipinski definition) is 4. The number of rotatable bonds is 6. The van der Waals surface area contributed by atoms with E-state index in [2.05, 4.69) is 4.99 Å². The molecular weight excluding hydrogens is 204 g/mol. The molecule has 82 valence electrons. The van der Waals surface area contributed by atoms with Gasteiger partial charge in [-0.15, -0.1) is 0 Å². The molecule has 0 aliphatic heterocycles. The Morgan fingerprint density at radius 1 is 1.57 bits per heavy atom. The molecule has 0 amide bonds. The van der Waals surface area contributed by atoms with E-state index in [4.69, 9.17) is 22.3 Å². The zero-order valence-electron chi connectivity index (χ0n) is 8.06. The van der Waals surface area contributed by atoms with Gasteiger partial charge in [-0.1, -0.05) is 0 Å². The average molecular weight is 220 g/mol. The van der Waals surface area contributed by atoms with Crippen LogP contribution >= 0.6 is 11.8 Å². The Morgan fingerprint density at radius 3 is 2.57 bits per heavy atom. The molecule has 0 aromatic rings. The molecule has 0 rings (SSSR count). The van der Waals surface area contributed by atoms with E-state index < -0.39 is 11.5 Å². The molecule has 0 saturated carbocycles. The van der Waals surface area contributed by atoms with Crippen molar-refractivity contribution in [1.82, 2.24) is 0 Å². The van der Waals surface area contributed by atoms with Crippen LogP contribution in [0.1, 0.15) is 6.92 Å². The third kappa shape index (κ3) is 5.65. The van der Waals surface area contributed by atoms with Gasteiger partial charge in [0.05, 0.1) is 6.54 Å². The molecule has 0 radical (unpaired) electrons. The lowest BCUT2D eigenvalue weighted by Crippen LogP contribution is -2.47. The van der Waals surface area contributed by atoms with Gasteiger partial charge in [0.15, 0.2) is 5.96 Å². The summed E-state index contributed by atoms with van der Waals surface area (Å²) in [5, 5.41) is 8.68. The van der Waals surface area contributed by atoms with Crippen molar-refractivity contribution in [3.63, 3.8) is 0 Å². The minimum absolute atomic E-state index is 0.0411. The molecule has 1 atom stereocenters. The lowest BCUT2D eigenvalue weighted by Gasteiger charge is -2.17. The van der Waals surface area contributed by atoms with E-state index in [0.29, 0.717) is 18.1 Å². The molecule has 0 aromatic heterocycles. The number of nitrogens with two attached hydrogens (primary N) is 3. The minimum Gasteiger partial charge on any atom is -0.480 e. The third-order valence-corrected chi connectivity index (χ3v) is 2.70. The van der Waals surface area contributed by atoms with Gasteiger partial charge in [-0.05, 0) is 6.92 Å². The van der Waals surface area contributed by atoms with Crippen molar-refractivity contribution in [2.75, 3.05) is 18.1 Å². The van der Waals surface area contributed by atoms with Crippen LogP contribution in [0.3, 0.4) is 0 Å². The fourth-order valence-corrected chi connectivity index (χ4v) is 1.50. The van der Waals surface area contributed by atoms with Crippen molar-refractivity contribution in [2.45, 2.75) is 12.5 Å². The van der Waals surface area contributed by atoms with Crippen LogP contribution in [0.25, 0.3) is 0 Å². The third-order valence-electron chi connectivity index (χ3n) is 1.42. The second-order valence-electron chi connectivity index (χ2n) is 3.08. The summed E-state index contributed by atoms with van der Waals surface area (Å²) in [6.07, 6.45) is 0. The van der Waals surface area contributed by atoms with Gasteiger partial charge in [-0.25, -0.2) is 0 Å². The van der Waals surface area contributed by atoms with Crippen LogP contribution < -0.4 is 17.2 Å². The SMILES string of the molecule is CC(N)(CSCCN=C(N)N)C(=O)O. The molecule has 7 N–H and O–H groups in total. The summed E-state index contributed by atoms with van der Waals surface area (Å²) in [5.41, 5.74) is 14.5. The summed E-state index contributed by atoms with van der Waals surface area (Å²) in [7, 11) is 0. The highest BCUT2D eigenvalue weighted by Gasteiger charge is 2.27. The zero-order valence-corrected chi connectivity index (χ0v) is 8.88. The van der Waals surface area contributed by atoms with Crippen LogP contribution in [-0.4, -0.2) is 40.6 Å². The van der Waals surface area contributed by atoms with Crippen LogP contribution in [0.4, 0.5) is 0 Å². The highest BCUT2D eigenvalue weighted by molar-refractivity contribution is 7.99. The second-order valence-corrected chi connectivity index (χ2v) is 4.19. The number of aliphatic imine (C=N–C) groups is 1. The van der Waals surface area contributed by atoms with Crippen LogP contribution in [0.15, 0.2) is 4.99 Å². The Balaban J connectivity index is 3.65. The van der Waals surface area contributed by atoms with E-state index >= 15 is 0 Å². The van der Waals surface area contributed by atoms with Crippen molar-refractivity contribution < 1.29 is 9.90 Å². The first-order valence-electron chi connectivity index (χ1n) is 4.01. The maximum absolute atomic E-state index is 10.6. The molecule has 0 heterocycles. The highest BCUT2D eigenvalue weighted by atomic mass is 32.2. The van der Waals surface area contributed by atoms with Crippen molar-refractivity contribution in [2.24, 2.45) is 22.2 Å². The van der Waals surface area contributed by atoms with Crippen molar-refractivity contribution >= 4 is 23.7 Å². The van der Waals surface area contributed by atoms with E-state index in [1.807, 2.05) is 0 Å². The Morgan fingerprint density at radius 2 is 2.14 bits per heavy atom. The molecule has 0 fully saturated rings. The van der Waals surface area contributed by atoms with E-state index in [1.165, 1.54) is 18.7 Å². The lowest BCUT2D eigenvalue weighted by atomic mass is 10.1. The van der Waals surface area contributed by atoms with Gasteiger partial charge in [-0.2, -0.15) is 11.8 Å². The summed E-state index contributed by atoms with van der Waals surface area (Å²) in [6, 6.07) is 0. The summed E-state index contributed by atoms with van der Waals surface area (Å²) in [6.45, 7) is 1.95. The molecule has 7 heteroatoms. The minimum atomic E-state index is -1.19. The number of carboxylic acids is 1. The topological polar surface area (TPSA) is 128 Å². The van der Waals surface area contributed by atoms with Crippen molar-refractivity contribution in [1.29, 1.82) is 0 Å². The number of hydrogen-bond acceptors (Lipinski definition) is 4. The van der Waals surface area contributed by atoms with E-state index in [0.717, 1.165) is 0 Å². The molecule has 1 unspecified atom stereocenters. The van der Waals surface area contributed by atoms with Gasteiger partial charge in [0.25, 0.3) is 0 Å². The fraction of sp³-hybridized carbons (Fsp3) is 0.714. The first kappa shape index (κ1) is 13.1. The summed E-state index contributed by atoms with van der Waals surface area (Å²) in [4.78, 5) is 14.3. The Hall–Kier alpha value is -0.950. The summed E-state index contributed by atoms with van der Waals surface area (Å²) < 4.78 is 0. The van der Waals surface area contributed by atoms with E-state index in [1.54, 1.807) is 0 Å². The van der Waals surface area contributed by atoms with Crippen LogP contribution in [0.5, 0.6) is 0 Å². The number of carboxylic acid groups (broad SMARTS) is 1. The fourth-order valence-electron chi connectivity index (χ4n) is 0.585. The normalized spacial score (nSPS) is 14.4. The highest BCUT2D eigenvalue weighted by Crippen LogP contribution is 2.10. The predicted molar refractivity (Wildman–Crippen MR) is 58.2 cm³/mol. The molecule has 0 saturated heterocycles. The van der Waals surface area contributed by atoms with Crippen LogP contribution in [-0.2, 0) is 4.79 Å². The number of aliphatic carboxylic acids is 1. The van der Waals surface area contributed by atoms with Crippen LogP contribution in [0.2, 0.25) is 0 Å². The molecule has 0 spiro atoms. The number of carbonyl (C=O) groups is 1. The average Bonchev–Trinajstić information content (AvgIpc) is 2.02. The van der Waals surface area contributed by atoms with E-state index in [9.17, 15) is 4.79 Å². The first-order valence-corrected chi connectivity index (χ1v) is 5.17. The Bertz CT molecular complexity index is 226. The summed E-state index contributed by atoms with van der Waals surface area (Å²) >= 11 is 1.41. The smallest absolute Gasteiger partial charge is 0.324 e. The van der Waals surface area contributed by atoms with Gasteiger partial charge < -0.3 is 22.3 Å². The number of guanidine groups is 1. The molecule has 6 nitrogen and oxygen atoms in total. The van der Waals surface area contributed by atoms with Gasteiger partial charge in [0.2, 0.25) is 0 Å². The number of nitrogens with zero attached hydrogens (tertiary/aromatic N) is 1. The van der Waals surface area contributed by atoms with Crippen LogP contribution in [0, 0.1) is 0 Å². The molecular formula is C7H16N4O2S. The van der Waals surface area contributed by atoms with Gasteiger partial charge >= 0.3 is 5.97 Å². The maximum atomic E-state index is 10.6. The Labute approximate surface area is 86.9 Å². The van der Waals surface area contributed by atoms with Gasteiger partial charge in [0, 0.05) is 11.5 Å². The maximum Gasteiger partial charge on any atom is 0.324 e. The lowest BCUT2D eigenvalue weighted by molar-refractivity contribution is -0.141. The zero-order chi connectivity index (χ0) is 11.2. The Kier molecular flexibility index (Phi) is 5.32. The molecule has 0 aliphatic rings.